The number of nitrogens with zero attached hydrogens (tertiary/aromatic N) is 1. The Bertz CT molecular complexity index is 863. The first-order valence-electron chi connectivity index (χ1n) is 8.60. The van der Waals surface area contributed by atoms with Gasteiger partial charge in [0.2, 0.25) is 0 Å². The highest BCUT2D eigenvalue weighted by molar-refractivity contribution is 6.35. The average molecular weight is 350 g/mol. The van der Waals surface area contributed by atoms with E-state index in [1.54, 1.807) is 23.1 Å². The van der Waals surface area contributed by atoms with Crippen LogP contribution in [-0.2, 0) is 6.42 Å². The third-order valence-corrected chi connectivity index (χ3v) is 4.36. The quantitative estimate of drug-likeness (QED) is 0.725. The molecule has 6 heteroatoms. The lowest BCUT2D eigenvalue weighted by Gasteiger charge is -2.33. The van der Waals surface area contributed by atoms with Crippen LogP contribution in [0.1, 0.15) is 25.0 Å². The SMILES string of the molecule is CCc1ccccc1NC(=O)N1CC(C)Oc2cc(C(=N)C=N)ccc21. The Balaban J connectivity index is 1.90. The van der Waals surface area contributed by atoms with E-state index in [4.69, 9.17) is 15.6 Å². The Kier molecular flexibility index (Phi) is 5.02. The highest BCUT2D eigenvalue weighted by atomic mass is 16.5. The van der Waals surface area contributed by atoms with Gasteiger partial charge in [0.25, 0.3) is 0 Å². The molecule has 1 aliphatic rings. The molecule has 0 saturated carbocycles. The van der Waals surface area contributed by atoms with Crippen molar-refractivity contribution >= 4 is 29.3 Å². The number of rotatable bonds is 4. The molecule has 6 nitrogen and oxygen atoms in total. The number of carbonyl (C=O) groups is 1. The summed E-state index contributed by atoms with van der Waals surface area (Å²) in [5, 5.41) is 18.0. The van der Waals surface area contributed by atoms with Crippen LogP contribution in [0, 0.1) is 10.8 Å². The Morgan fingerprint density at radius 1 is 1.35 bits per heavy atom. The van der Waals surface area contributed by atoms with Crippen molar-refractivity contribution in [2.75, 3.05) is 16.8 Å². The summed E-state index contributed by atoms with van der Waals surface area (Å²) in [5.74, 6) is 0.548. The summed E-state index contributed by atoms with van der Waals surface area (Å²) in [6.07, 6.45) is 1.65. The number of fused-ring (bicyclic) bond motifs is 1. The summed E-state index contributed by atoms with van der Waals surface area (Å²) >= 11 is 0. The number of benzene rings is 2. The van der Waals surface area contributed by atoms with Crippen LogP contribution in [0.5, 0.6) is 5.75 Å². The Morgan fingerprint density at radius 3 is 2.85 bits per heavy atom. The molecular weight excluding hydrogens is 328 g/mol. The molecule has 1 aliphatic heterocycles. The van der Waals surface area contributed by atoms with E-state index in [0.717, 1.165) is 23.9 Å². The van der Waals surface area contributed by atoms with Gasteiger partial charge >= 0.3 is 6.03 Å². The summed E-state index contributed by atoms with van der Waals surface area (Å²) in [6, 6.07) is 12.7. The fraction of sp³-hybridized carbons (Fsp3) is 0.250. The molecule has 2 aromatic carbocycles. The maximum atomic E-state index is 12.9. The van der Waals surface area contributed by atoms with Gasteiger partial charge in [-0.15, -0.1) is 0 Å². The van der Waals surface area contributed by atoms with Crippen molar-refractivity contribution in [2.45, 2.75) is 26.4 Å². The normalized spacial score (nSPS) is 15.6. The summed E-state index contributed by atoms with van der Waals surface area (Å²) in [6.45, 7) is 4.39. The predicted octanol–water partition coefficient (Wildman–Crippen LogP) is 4.09. The van der Waals surface area contributed by atoms with Crippen molar-refractivity contribution in [1.82, 2.24) is 0 Å². The first-order valence-corrected chi connectivity index (χ1v) is 8.60. The zero-order chi connectivity index (χ0) is 18.7. The number of urea groups is 1. The van der Waals surface area contributed by atoms with Crippen LogP contribution in [0.25, 0.3) is 0 Å². The fourth-order valence-corrected chi connectivity index (χ4v) is 3.02. The Morgan fingerprint density at radius 2 is 2.12 bits per heavy atom. The number of ether oxygens (including phenoxy) is 1. The van der Waals surface area contributed by atoms with Crippen LogP contribution in [-0.4, -0.2) is 30.6 Å². The van der Waals surface area contributed by atoms with Gasteiger partial charge in [-0.3, -0.25) is 10.3 Å². The summed E-state index contributed by atoms with van der Waals surface area (Å²) in [4.78, 5) is 14.6. The minimum absolute atomic E-state index is 0.0995. The van der Waals surface area contributed by atoms with Crippen molar-refractivity contribution in [2.24, 2.45) is 0 Å². The molecule has 0 fully saturated rings. The molecule has 26 heavy (non-hydrogen) atoms. The minimum atomic E-state index is -0.211. The Labute approximate surface area is 152 Å². The number of anilines is 2. The van der Waals surface area contributed by atoms with E-state index in [1.165, 1.54) is 0 Å². The van der Waals surface area contributed by atoms with E-state index in [1.807, 2.05) is 31.2 Å². The molecule has 2 amide bonds. The average Bonchev–Trinajstić information content (AvgIpc) is 2.66. The van der Waals surface area contributed by atoms with Crippen molar-refractivity contribution in [3.8, 4) is 5.75 Å². The van der Waals surface area contributed by atoms with Gasteiger partial charge in [0.05, 0.1) is 17.9 Å². The molecule has 0 radical (unpaired) electrons. The lowest BCUT2D eigenvalue weighted by atomic mass is 10.1. The van der Waals surface area contributed by atoms with E-state index < -0.39 is 0 Å². The van der Waals surface area contributed by atoms with Gasteiger partial charge in [-0.05, 0) is 37.1 Å². The molecule has 1 unspecified atom stereocenters. The van der Waals surface area contributed by atoms with Crippen molar-refractivity contribution < 1.29 is 9.53 Å². The minimum Gasteiger partial charge on any atom is -0.487 e. The number of aryl methyl sites for hydroxylation is 1. The number of hydrogen-bond acceptors (Lipinski definition) is 4. The van der Waals surface area contributed by atoms with Gasteiger partial charge in [-0.1, -0.05) is 31.2 Å². The molecule has 2 aromatic rings. The van der Waals surface area contributed by atoms with Crippen LogP contribution >= 0.6 is 0 Å². The summed E-state index contributed by atoms with van der Waals surface area (Å²) < 4.78 is 5.85. The zero-order valence-electron chi connectivity index (χ0n) is 14.9. The first kappa shape index (κ1) is 17.7. The standard InChI is InChI=1S/C20H22N4O2/c1-3-14-6-4-5-7-17(14)23-20(25)24-12-13(2)26-19-10-15(16(22)11-21)8-9-18(19)24/h4-11,13,21-22H,3,12H2,1-2H3,(H,23,25). The summed E-state index contributed by atoms with van der Waals surface area (Å²) in [7, 11) is 0. The highest BCUT2D eigenvalue weighted by Gasteiger charge is 2.28. The second-order valence-corrected chi connectivity index (χ2v) is 6.22. The molecule has 0 aromatic heterocycles. The molecule has 134 valence electrons. The number of hydrogen-bond donors (Lipinski definition) is 3. The lowest BCUT2D eigenvalue weighted by Crippen LogP contribution is -2.44. The molecule has 1 atom stereocenters. The molecule has 3 rings (SSSR count). The molecule has 0 bridgehead atoms. The zero-order valence-corrected chi connectivity index (χ0v) is 14.9. The van der Waals surface area contributed by atoms with Gasteiger partial charge in [-0.2, -0.15) is 0 Å². The third-order valence-electron chi connectivity index (χ3n) is 4.36. The highest BCUT2D eigenvalue weighted by Crippen LogP contribution is 2.35. The second kappa shape index (κ2) is 7.39. The monoisotopic (exact) mass is 350 g/mol. The summed E-state index contributed by atoms with van der Waals surface area (Å²) in [5.41, 5.74) is 3.24. The number of carbonyl (C=O) groups excluding carboxylic acids is 1. The fourth-order valence-electron chi connectivity index (χ4n) is 3.02. The van der Waals surface area contributed by atoms with Gasteiger partial charge in [0.15, 0.2) is 0 Å². The van der Waals surface area contributed by atoms with Crippen LogP contribution in [0.3, 0.4) is 0 Å². The van der Waals surface area contributed by atoms with Crippen LogP contribution in [0.15, 0.2) is 42.5 Å². The van der Waals surface area contributed by atoms with Gasteiger partial charge in [-0.25, -0.2) is 4.79 Å². The molecule has 0 aliphatic carbocycles. The van der Waals surface area contributed by atoms with E-state index >= 15 is 0 Å². The third kappa shape index (κ3) is 3.44. The lowest BCUT2D eigenvalue weighted by molar-refractivity contribution is 0.208. The largest absolute Gasteiger partial charge is 0.487 e. The molecule has 1 heterocycles. The predicted molar refractivity (Wildman–Crippen MR) is 104 cm³/mol. The smallest absolute Gasteiger partial charge is 0.326 e. The molecular formula is C20H22N4O2. The van der Waals surface area contributed by atoms with Gasteiger partial charge < -0.3 is 15.5 Å². The first-order chi connectivity index (χ1) is 12.5. The maximum absolute atomic E-state index is 12.9. The molecule has 0 saturated heterocycles. The van der Waals surface area contributed by atoms with E-state index in [9.17, 15) is 4.79 Å². The van der Waals surface area contributed by atoms with E-state index in [-0.39, 0.29) is 17.8 Å². The maximum Gasteiger partial charge on any atom is 0.326 e. The topological polar surface area (TPSA) is 89.3 Å². The molecule has 0 spiro atoms. The number of amides is 2. The number of nitrogens with one attached hydrogen (secondary N) is 3. The Hall–Kier alpha value is -3.15. The molecule has 3 N–H and O–H groups in total. The second-order valence-electron chi connectivity index (χ2n) is 6.22. The van der Waals surface area contributed by atoms with Crippen molar-refractivity contribution in [3.63, 3.8) is 0 Å². The van der Waals surface area contributed by atoms with Crippen LogP contribution in [0.4, 0.5) is 16.2 Å². The van der Waals surface area contributed by atoms with E-state index in [0.29, 0.717) is 23.5 Å². The van der Waals surface area contributed by atoms with Crippen LogP contribution < -0.4 is 15.0 Å². The van der Waals surface area contributed by atoms with Crippen molar-refractivity contribution in [3.05, 3.63) is 53.6 Å². The van der Waals surface area contributed by atoms with E-state index in [2.05, 4.69) is 12.2 Å². The van der Waals surface area contributed by atoms with Crippen molar-refractivity contribution in [1.29, 1.82) is 10.8 Å². The number of para-hydroxylation sites is 1. The van der Waals surface area contributed by atoms with Crippen LogP contribution in [0.2, 0.25) is 0 Å². The van der Waals surface area contributed by atoms with Gasteiger partial charge in [0, 0.05) is 17.5 Å². The van der Waals surface area contributed by atoms with Gasteiger partial charge in [0.1, 0.15) is 11.9 Å².